The van der Waals surface area contributed by atoms with Gasteiger partial charge in [0.25, 0.3) is 0 Å². The maximum atomic E-state index is 14.0. The fraction of sp³-hybridized carbons (Fsp3) is 0.571. The molecule has 178 valence electrons. The van der Waals surface area contributed by atoms with E-state index in [0.717, 1.165) is 19.3 Å². The van der Waals surface area contributed by atoms with Crippen LogP contribution in [-0.2, 0) is 4.57 Å². The molecule has 0 heterocycles. The molecule has 3 atom stereocenters. The molecule has 0 aliphatic carbocycles. The molecule has 0 bridgehead atoms. The highest BCUT2D eigenvalue weighted by Gasteiger charge is 2.32. The summed E-state index contributed by atoms with van der Waals surface area (Å²) in [5, 5.41) is 0. The first-order valence-electron chi connectivity index (χ1n) is 12.1. The summed E-state index contributed by atoms with van der Waals surface area (Å²) in [6.45, 7) is 17.5. The molecule has 0 fully saturated rings. The monoisotopic (exact) mass is 458 g/mol. The maximum Gasteiger partial charge on any atom is 0.430 e. The molecular weight excluding hydrogens is 415 g/mol. The van der Waals surface area contributed by atoms with E-state index >= 15 is 0 Å². The van der Waals surface area contributed by atoms with Crippen LogP contribution in [0.1, 0.15) is 97.6 Å². The van der Waals surface area contributed by atoms with Crippen LogP contribution in [0, 0.1) is 11.3 Å². The van der Waals surface area contributed by atoms with Gasteiger partial charge in [-0.2, -0.15) is 0 Å². The fourth-order valence-electron chi connectivity index (χ4n) is 4.09. The Labute approximate surface area is 196 Å². The SMILES string of the molecule is CCC(C)c1ccc(OP(=O)(CC(C)CC(C)(C)C)Oc2ccc(C(C)CC)cc2)cc1. The summed E-state index contributed by atoms with van der Waals surface area (Å²) >= 11 is 0. The van der Waals surface area contributed by atoms with Gasteiger partial charge in [0.1, 0.15) is 11.5 Å². The van der Waals surface area contributed by atoms with E-state index in [-0.39, 0.29) is 11.3 Å². The second-order valence-corrected chi connectivity index (χ2v) is 12.6. The normalized spacial score (nSPS) is 16.6. The van der Waals surface area contributed by atoms with E-state index in [1.807, 2.05) is 24.3 Å². The summed E-state index contributed by atoms with van der Waals surface area (Å²) in [7, 11) is -3.40. The predicted octanol–water partition coefficient (Wildman–Crippen LogP) is 9.44. The van der Waals surface area contributed by atoms with Gasteiger partial charge in [0, 0.05) is 0 Å². The van der Waals surface area contributed by atoms with Crippen LogP contribution in [0.25, 0.3) is 0 Å². The van der Waals surface area contributed by atoms with Crippen LogP contribution < -0.4 is 9.05 Å². The smallest absolute Gasteiger partial charge is 0.416 e. The third-order valence-electron chi connectivity index (χ3n) is 6.11. The Morgan fingerprint density at radius 1 is 0.750 bits per heavy atom. The molecule has 2 aromatic carbocycles. The molecule has 0 saturated heterocycles. The van der Waals surface area contributed by atoms with Gasteiger partial charge in [-0.3, -0.25) is 0 Å². The molecule has 0 saturated carbocycles. The lowest BCUT2D eigenvalue weighted by atomic mass is 9.86. The maximum absolute atomic E-state index is 14.0. The Morgan fingerprint density at radius 2 is 1.12 bits per heavy atom. The fourth-order valence-corrected chi connectivity index (χ4v) is 6.06. The molecule has 0 aromatic heterocycles. The van der Waals surface area contributed by atoms with Crippen LogP contribution in [0.4, 0.5) is 0 Å². The molecule has 2 rings (SSSR count). The quantitative estimate of drug-likeness (QED) is 0.315. The average molecular weight is 459 g/mol. The minimum atomic E-state index is -3.40. The van der Waals surface area contributed by atoms with Gasteiger partial charge in [-0.15, -0.1) is 0 Å². The zero-order valence-corrected chi connectivity index (χ0v) is 22.2. The largest absolute Gasteiger partial charge is 0.430 e. The first-order valence-corrected chi connectivity index (χ1v) is 13.9. The van der Waals surface area contributed by atoms with Crippen molar-refractivity contribution in [2.75, 3.05) is 6.16 Å². The van der Waals surface area contributed by atoms with Crippen LogP contribution >= 0.6 is 7.60 Å². The van der Waals surface area contributed by atoms with Gasteiger partial charge in [-0.05, 0) is 77.8 Å². The third-order valence-corrected chi connectivity index (χ3v) is 8.16. The van der Waals surface area contributed by atoms with E-state index in [4.69, 9.17) is 9.05 Å². The molecule has 0 N–H and O–H groups in total. The molecule has 0 aliphatic rings. The number of hydrogen-bond donors (Lipinski definition) is 0. The summed E-state index contributed by atoms with van der Waals surface area (Å²) < 4.78 is 26.1. The molecule has 2 aromatic rings. The lowest BCUT2D eigenvalue weighted by Gasteiger charge is -2.27. The van der Waals surface area contributed by atoms with Crippen molar-refractivity contribution in [3.63, 3.8) is 0 Å². The van der Waals surface area contributed by atoms with Gasteiger partial charge in [-0.1, -0.05) is 79.7 Å². The number of rotatable bonds is 11. The summed E-state index contributed by atoms with van der Waals surface area (Å²) in [6.07, 6.45) is 3.49. The van der Waals surface area contributed by atoms with E-state index < -0.39 is 7.60 Å². The number of hydrogen-bond acceptors (Lipinski definition) is 3. The van der Waals surface area contributed by atoms with Gasteiger partial charge in [-0.25, -0.2) is 4.57 Å². The Hall–Kier alpha value is -1.73. The first-order chi connectivity index (χ1) is 14.9. The third kappa shape index (κ3) is 8.32. The average Bonchev–Trinajstić information content (AvgIpc) is 2.71. The molecule has 32 heavy (non-hydrogen) atoms. The lowest BCUT2D eigenvalue weighted by Crippen LogP contribution is -2.17. The Bertz CT molecular complexity index is 806. The van der Waals surface area contributed by atoms with Crippen molar-refractivity contribution < 1.29 is 13.6 Å². The van der Waals surface area contributed by atoms with E-state index in [9.17, 15) is 4.57 Å². The van der Waals surface area contributed by atoms with E-state index in [2.05, 4.69) is 79.7 Å². The van der Waals surface area contributed by atoms with Crippen molar-refractivity contribution >= 4 is 7.60 Å². The molecule has 0 radical (unpaired) electrons. The van der Waals surface area contributed by atoms with Gasteiger partial charge < -0.3 is 9.05 Å². The first kappa shape index (κ1) is 26.5. The van der Waals surface area contributed by atoms with Crippen molar-refractivity contribution in [1.29, 1.82) is 0 Å². The second kappa shape index (κ2) is 11.4. The van der Waals surface area contributed by atoms with E-state index in [1.165, 1.54) is 11.1 Å². The van der Waals surface area contributed by atoms with Crippen LogP contribution in [0.5, 0.6) is 11.5 Å². The van der Waals surface area contributed by atoms with Gasteiger partial charge in [0.15, 0.2) is 0 Å². The standard InChI is InChI=1S/C28H43O3P/c1-9-22(4)24-11-15-26(16-12-24)30-32(29,20-21(3)19-28(6,7)8)31-27-17-13-25(14-18-27)23(5)10-2/h11-18,21-23H,9-10,19-20H2,1-8H3. The second-order valence-electron chi connectivity index (χ2n) is 10.6. The van der Waals surface area contributed by atoms with Crippen LogP contribution in [0.2, 0.25) is 0 Å². The highest BCUT2D eigenvalue weighted by molar-refractivity contribution is 7.54. The Morgan fingerprint density at radius 3 is 1.44 bits per heavy atom. The zero-order chi connectivity index (χ0) is 23.9. The van der Waals surface area contributed by atoms with Crippen molar-refractivity contribution in [3.8, 4) is 11.5 Å². The molecule has 0 spiro atoms. The van der Waals surface area contributed by atoms with E-state index in [1.54, 1.807) is 0 Å². The summed E-state index contributed by atoms with van der Waals surface area (Å²) in [6, 6.07) is 15.9. The zero-order valence-electron chi connectivity index (χ0n) is 21.4. The predicted molar refractivity (Wildman–Crippen MR) is 137 cm³/mol. The van der Waals surface area contributed by atoms with Crippen LogP contribution in [0.15, 0.2) is 48.5 Å². The Kier molecular flexibility index (Phi) is 9.46. The van der Waals surface area contributed by atoms with Crippen LogP contribution in [-0.4, -0.2) is 6.16 Å². The van der Waals surface area contributed by atoms with Crippen molar-refractivity contribution in [2.45, 2.75) is 86.5 Å². The lowest BCUT2D eigenvalue weighted by molar-refractivity contribution is 0.308. The molecule has 3 nitrogen and oxygen atoms in total. The van der Waals surface area contributed by atoms with Gasteiger partial charge >= 0.3 is 7.60 Å². The number of benzene rings is 2. The molecule has 3 unspecified atom stereocenters. The minimum Gasteiger partial charge on any atom is -0.416 e. The summed E-state index contributed by atoms with van der Waals surface area (Å²) in [5.41, 5.74) is 2.68. The van der Waals surface area contributed by atoms with Gasteiger partial charge in [0.2, 0.25) is 0 Å². The molecular formula is C28H43O3P. The molecule has 4 heteroatoms. The molecule has 0 aliphatic heterocycles. The van der Waals surface area contributed by atoms with Crippen molar-refractivity contribution in [2.24, 2.45) is 11.3 Å². The minimum absolute atomic E-state index is 0.153. The van der Waals surface area contributed by atoms with Crippen molar-refractivity contribution in [1.82, 2.24) is 0 Å². The summed E-state index contributed by atoms with van der Waals surface area (Å²) in [5.74, 6) is 2.38. The van der Waals surface area contributed by atoms with Crippen molar-refractivity contribution in [3.05, 3.63) is 59.7 Å². The van der Waals surface area contributed by atoms with Gasteiger partial charge in [0.05, 0.1) is 6.16 Å². The highest BCUT2D eigenvalue weighted by Crippen LogP contribution is 2.51. The highest BCUT2D eigenvalue weighted by atomic mass is 31.2. The van der Waals surface area contributed by atoms with Crippen LogP contribution in [0.3, 0.4) is 0 Å². The topological polar surface area (TPSA) is 35.5 Å². The van der Waals surface area contributed by atoms with E-state index in [0.29, 0.717) is 29.5 Å². The molecule has 0 amide bonds. The Balaban J connectivity index is 2.25. The summed E-state index contributed by atoms with van der Waals surface area (Å²) in [4.78, 5) is 0.